The van der Waals surface area contributed by atoms with Gasteiger partial charge in [0.05, 0.1) is 7.11 Å². The maximum Gasteiger partial charge on any atom is 0.338 e. The topological polar surface area (TPSA) is 86.5 Å². The van der Waals surface area contributed by atoms with Crippen molar-refractivity contribution in [3.8, 4) is 5.75 Å². The summed E-state index contributed by atoms with van der Waals surface area (Å²) in [6.45, 7) is 0. The number of benzene rings is 1. The highest BCUT2D eigenvalue weighted by Gasteiger charge is 2.25. The quantitative estimate of drug-likeness (QED) is 0.853. The van der Waals surface area contributed by atoms with Crippen molar-refractivity contribution in [1.29, 1.82) is 0 Å². The van der Waals surface area contributed by atoms with E-state index in [-0.39, 0.29) is 15.7 Å². The van der Waals surface area contributed by atoms with Gasteiger partial charge in [0.2, 0.25) is 0 Å². The van der Waals surface area contributed by atoms with Crippen molar-refractivity contribution in [2.45, 2.75) is 4.90 Å². The number of primary amides is 1. The number of methoxy groups -OCH3 is 1. The lowest BCUT2D eigenvalue weighted by Gasteiger charge is -2.06. The van der Waals surface area contributed by atoms with Gasteiger partial charge in [-0.2, -0.15) is 0 Å². The molecule has 2 N–H and O–H groups in total. The zero-order chi connectivity index (χ0) is 11.6. The Morgan fingerprint density at radius 3 is 2.53 bits per heavy atom. The second-order valence-corrected chi connectivity index (χ2v) is 4.90. The van der Waals surface area contributed by atoms with Crippen LogP contribution in [0, 0.1) is 0 Å². The molecule has 0 aliphatic carbocycles. The fourth-order valence-electron chi connectivity index (χ4n) is 0.969. The van der Waals surface area contributed by atoms with Crippen molar-refractivity contribution in [2.24, 2.45) is 5.73 Å². The number of carbonyl (C=O) groups is 1. The van der Waals surface area contributed by atoms with E-state index >= 15 is 0 Å². The lowest BCUT2D eigenvalue weighted by atomic mass is 10.3. The van der Waals surface area contributed by atoms with E-state index in [2.05, 4.69) is 0 Å². The molecule has 0 spiro atoms. The summed E-state index contributed by atoms with van der Waals surface area (Å²) in [4.78, 5) is 10.4. The Morgan fingerprint density at radius 1 is 1.47 bits per heavy atom. The van der Waals surface area contributed by atoms with Crippen LogP contribution in [-0.4, -0.2) is 20.8 Å². The van der Waals surface area contributed by atoms with Gasteiger partial charge in [-0.3, -0.25) is 4.79 Å². The number of hydrogen-bond donors (Lipinski definition) is 1. The minimum Gasteiger partial charge on any atom is -0.495 e. The van der Waals surface area contributed by atoms with Crippen molar-refractivity contribution < 1.29 is 17.9 Å². The molecule has 0 unspecified atom stereocenters. The van der Waals surface area contributed by atoms with E-state index in [1.807, 2.05) is 0 Å². The first kappa shape index (κ1) is 11.8. The van der Waals surface area contributed by atoms with E-state index in [9.17, 15) is 13.2 Å². The van der Waals surface area contributed by atoms with Crippen LogP contribution >= 0.6 is 11.6 Å². The largest absolute Gasteiger partial charge is 0.495 e. The van der Waals surface area contributed by atoms with Crippen molar-refractivity contribution >= 4 is 26.7 Å². The number of hydrogen-bond acceptors (Lipinski definition) is 4. The van der Waals surface area contributed by atoms with Crippen LogP contribution in [0.5, 0.6) is 5.75 Å². The van der Waals surface area contributed by atoms with Crippen LogP contribution in [0.1, 0.15) is 0 Å². The minimum atomic E-state index is -4.21. The van der Waals surface area contributed by atoms with Crippen molar-refractivity contribution in [2.75, 3.05) is 7.11 Å². The standard InChI is InChI=1S/C8H8ClNO4S/c1-14-6-3-2-5(9)4-7(6)15(12,13)8(10)11/h2-4H,1H3,(H2,10,11). The molecule has 0 radical (unpaired) electrons. The Kier molecular flexibility index (Phi) is 3.21. The second-order valence-electron chi connectivity index (χ2n) is 2.62. The number of halogens is 1. The zero-order valence-corrected chi connectivity index (χ0v) is 9.30. The molecule has 0 aliphatic heterocycles. The summed E-state index contributed by atoms with van der Waals surface area (Å²) in [5.74, 6) is 0.0261. The zero-order valence-electron chi connectivity index (χ0n) is 7.73. The predicted octanol–water partition coefficient (Wildman–Crippen LogP) is 1.20. The molecule has 7 heteroatoms. The molecule has 0 aliphatic rings. The van der Waals surface area contributed by atoms with Gasteiger partial charge in [0.1, 0.15) is 10.6 Å². The Balaban J connectivity index is 3.49. The molecule has 0 saturated heterocycles. The molecule has 1 rings (SSSR count). The van der Waals surface area contributed by atoms with E-state index < -0.39 is 15.1 Å². The smallest absolute Gasteiger partial charge is 0.338 e. The van der Waals surface area contributed by atoms with Crippen LogP contribution in [0.4, 0.5) is 4.79 Å². The molecule has 5 nitrogen and oxygen atoms in total. The van der Waals surface area contributed by atoms with E-state index in [0.717, 1.165) is 6.07 Å². The van der Waals surface area contributed by atoms with Crippen LogP contribution in [-0.2, 0) is 9.84 Å². The predicted molar refractivity (Wildman–Crippen MR) is 54.8 cm³/mol. The van der Waals surface area contributed by atoms with Gasteiger partial charge in [-0.05, 0) is 18.2 Å². The average Bonchev–Trinajstić information content (AvgIpc) is 2.17. The summed E-state index contributed by atoms with van der Waals surface area (Å²) in [7, 11) is -2.93. The Bertz CT molecular complexity index is 497. The monoisotopic (exact) mass is 249 g/mol. The molecule has 0 saturated carbocycles. The fourth-order valence-corrected chi connectivity index (χ4v) is 2.12. The summed E-state index contributed by atoms with van der Waals surface area (Å²) in [6.07, 6.45) is 0. The SMILES string of the molecule is COc1ccc(Cl)cc1S(=O)(=O)C(N)=O. The number of sulfone groups is 1. The van der Waals surface area contributed by atoms with Crippen LogP contribution in [0.2, 0.25) is 5.02 Å². The summed E-state index contributed by atoms with van der Waals surface area (Å²) in [5, 5.41) is -1.27. The molecule has 82 valence electrons. The first-order valence-corrected chi connectivity index (χ1v) is 5.63. The molecule has 0 heterocycles. The van der Waals surface area contributed by atoms with E-state index in [1.165, 1.54) is 19.2 Å². The van der Waals surface area contributed by atoms with Gasteiger partial charge < -0.3 is 10.5 Å². The second kappa shape index (κ2) is 4.08. The van der Waals surface area contributed by atoms with Gasteiger partial charge >= 0.3 is 5.24 Å². The number of amides is 1. The van der Waals surface area contributed by atoms with Gasteiger partial charge in [-0.25, -0.2) is 8.42 Å². The third-order valence-corrected chi connectivity index (χ3v) is 3.34. The van der Waals surface area contributed by atoms with Gasteiger partial charge in [-0.1, -0.05) is 11.6 Å². The fraction of sp³-hybridized carbons (Fsp3) is 0.125. The van der Waals surface area contributed by atoms with Crippen LogP contribution in [0.3, 0.4) is 0 Å². The van der Waals surface area contributed by atoms with Crippen LogP contribution in [0.15, 0.2) is 23.1 Å². The molecule has 15 heavy (non-hydrogen) atoms. The summed E-state index contributed by atoms with van der Waals surface area (Å²) in [5.41, 5.74) is 4.75. The van der Waals surface area contributed by atoms with Gasteiger partial charge in [-0.15, -0.1) is 0 Å². The number of nitrogens with two attached hydrogens (primary N) is 1. The first-order valence-electron chi connectivity index (χ1n) is 3.77. The van der Waals surface area contributed by atoms with Crippen molar-refractivity contribution in [3.05, 3.63) is 23.2 Å². The lowest BCUT2D eigenvalue weighted by molar-refractivity contribution is 0.265. The number of rotatable bonds is 2. The molecule has 0 atom stereocenters. The van der Waals surface area contributed by atoms with Crippen LogP contribution in [0.25, 0.3) is 0 Å². The first-order chi connectivity index (χ1) is 6.89. The molecule has 1 aromatic rings. The molecule has 0 bridgehead atoms. The highest BCUT2D eigenvalue weighted by atomic mass is 35.5. The molecular formula is C8H8ClNO4S. The Labute approximate surface area is 91.7 Å². The van der Waals surface area contributed by atoms with E-state index in [0.29, 0.717) is 0 Å². The molecule has 1 amide bonds. The Morgan fingerprint density at radius 2 is 2.07 bits per heavy atom. The maximum absolute atomic E-state index is 11.5. The van der Waals surface area contributed by atoms with Gasteiger partial charge in [0.25, 0.3) is 9.84 Å². The summed E-state index contributed by atoms with van der Waals surface area (Å²) < 4.78 is 27.7. The highest BCUT2D eigenvalue weighted by molar-refractivity contribution is 8.06. The molecule has 1 aromatic carbocycles. The number of ether oxygens (including phenoxy) is 1. The molecular weight excluding hydrogens is 242 g/mol. The minimum absolute atomic E-state index is 0.0261. The molecule has 0 fully saturated rings. The molecule has 0 aromatic heterocycles. The number of carbonyl (C=O) groups excluding carboxylic acids is 1. The van der Waals surface area contributed by atoms with Gasteiger partial charge in [0.15, 0.2) is 0 Å². The third-order valence-electron chi connectivity index (χ3n) is 1.68. The summed E-state index contributed by atoms with van der Waals surface area (Å²) in [6, 6.07) is 3.90. The maximum atomic E-state index is 11.5. The average molecular weight is 250 g/mol. The van der Waals surface area contributed by atoms with E-state index in [4.69, 9.17) is 22.1 Å². The Hall–Kier alpha value is -1.27. The third kappa shape index (κ3) is 2.21. The van der Waals surface area contributed by atoms with Crippen LogP contribution < -0.4 is 10.5 Å². The lowest BCUT2D eigenvalue weighted by Crippen LogP contribution is -2.22. The van der Waals surface area contributed by atoms with Crippen molar-refractivity contribution in [3.63, 3.8) is 0 Å². The van der Waals surface area contributed by atoms with Gasteiger partial charge in [0, 0.05) is 5.02 Å². The normalized spacial score (nSPS) is 11.1. The highest BCUT2D eigenvalue weighted by Crippen LogP contribution is 2.27. The van der Waals surface area contributed by atoms with Crippen molar-refractivity contribution in [1.82, 2.24) is 0 Å². The summed E-state index contributed by atoms with van der Waals surface area (Å²) >= 11 is 5.61. The van der Waals surface area contributed by atoms with E-state index in [1.54, 1.807) is 0 Å².